The van der Waals surface area contributed by atoms with E-state index in [0.717, 1.165) is 22.6 Å². The van der Waals surface area contributed by atoms with Gasteiger partial charge in [0.1, 0.15) is 18.1 Å². The number of aliphatic hydroxyl groups is 1. The Morgan fingerprint density at radius 1 is 1.04 bits per heavy atom. The molecule has 2 aromatic carbocycles. The fourth-order valence-electron chi connectivity index (χ4n) is 2.16. The number of aliphatic hydroxyl groups excluding tert-OH is 1. The summed E-state index contributed by atoms with van der Waals surface area (Å²) in [5, 5.41) is 18.5. The molecule has 1 atom stereocenters. The van der Waals surface area contributed by atoms with Gasteiger partial charge in [-0.2, -0.15) is 0 Å². The maximum absolute atomic E-state index is 10.1. The average molecular weight is 372 g/mol. The van der Waals surface area contributed by atoms with E-state index < -0.39 is 6.10 Å². The Balaban J connectivity index is 1.48. The summed E-state index contributed by atoms with van der Waals surface area (Å²) >= 11 is 1.29. The Labute approximate surface area is 156 Å². The van der Waals surface area contributed by atoms with Crippen LogP contribution in [0, 0.1) is 6.92 Å². The number of hydrogen-bond donors (Lipinski definition) is 1. The van der Waals surface area contributed by atoms with Gasteiger partial charge in [-0.1, -0.05) is 29.5 Å². The summed E-state index contributed by atoms with van der Waals surface area (Å²) in [5.41, 5.74) is 1.98. The van der Waals surface area contributed by atoms with Crippen LogP contribution in [0.3, 0.4) is 0 Å². The van der Waals surface area contributed by atoms with Crippen LogP contribution in [0.1, 0.15) is 5.56 Å². The number of rotatable bonds is 8. The molecule has 1 aromatic heterocycles. The molecule has 6 nitrogen and oxygen atoms in total. The van der Waals surface area contributed by atoms with Crippen molar-refractivity contribution >= 4 is 11.8 Å². The Morgan fingerprint density at radius 3 is 2.42 bits per heavy atom. The molecule has 7 heteroatoms. The van der Waals surface area contributed by atoms with Crippen molar-refractivity contribution < 1.29 is 19.0 Å². The lowest BCUT2D eigenvalue weighted by atomic mass is 10.2. The molecule has 0 amide bonds. The standard InChI is InChI=1S/C19H20N2O4S/c1-13-3-7-17(8-4-13)24-11-15(22)12-26-19-21-20-18(25-19)14-5-9-16(23-2)10-6-14/h3-10,15,22H,11-12H2,1-2H3/t15-/m1/s1. The van der Waals surface area contributed by atoms with Gasteiger partial charge >= 0.3 is 0 Å². The van der Waals surface area contributed by atoms with E-state index in [2.05, 4.69) is 10.2 Å². The van der Waals surface area contributed by atoms with Crippen LogP contribution in [0.4, 0.5) is 0 Å². The number of aromatic nitrogens is 2. The lowest BCUT2D eigenvalue weighted by Crippen LogP contribution is -2.20. The second kappa shape index (κ2) is 8.73. The van der Waals surface area contributed by atoms with E-state index in [9.17, 15) is 5.11 Å². The highest BCUT2D eigenvalue weighted by atomic mass is 32.2. The molecule has 0 spiro atoms. The van der Waals surface area contributed by atoms with Crippen molar-refractivity contribution in [1.82, 2.24) is 10.2 Å². The first-order chi connectivity index (χ1) is 12.6. The van der Waals surface area contributed by atoms with Crippen LogP contribution in [-0.2, 0) is 0 Å². The SMILES string of the molecule is COc1ccc(-c2nnc(SC[C@H](O)COc3ccc(C)cc3)o2)cc1. The summed E-state index contributed by atoms with van der Waals surface area (Å²) in [6.45, 7) is 2.22. The summed E-state index contributed by atoms with van der Waals surface area (Å²) in [6, 6.07) is 15.1. The smallest absolute Gasteiger partial charge is 0.276 e. The van der Waals surface area contributed by atoms with Gasteiger partial charge in [-0.15, -0.1) is 10.2 Å². The van der Waals surface area contributed by atoms with Crippen molar-refractivity contribution in [1.29, 1.82) is 0 Å². The molecule has 1 N–H and O–H groups in total. The number of benzene rings is 2. The normalized spacial score (nSPS) is 12.0. The number of nitrogens with zero attached hydrogens (tertiary/aromatic N) is 2. The molecule has 0 unspecified atom stereocenters. The van der Waals surface area contributed by atoms with E-state index >= 15 is 0 Å². The molecule has 0 fully saturated rings. The quantitative estimate of drug-likeness (QED) is 0.606. The van der Waals surface area contributed by atoms with E-state index in [4.69, 9.17) is 13.9 Å². The Bertz CT molecular complexity index is 818. The van der Waals surface area contributed by atoms with Gasteiger partial charge in [-0.25, -0.2) is 0 Å². The third-order valence-electron chi connectivity index (χ3n) is 3.61. The van der Waals surface area contributed by atoms with E-state index in [1.807, 2.05) is 55.5 Å². The van der Waals surface area contributed by atoms with Gasteiger partial charge < -0.3 is 19.0 Å². The second-order valence-electron chi connectivity index (χ2n) is 5.69. The van der Waals surface area contributed by atoms with Gasteiger partial charge in [0.05, 0.1) is 13.2 Å². The highest BCUT2D eigenvalue weighted by molar-refractivity contribution is 7.99. The summed E-state index contributed by atoms with van der Waals surface area (Å²) < 4.78 is 16.3. The predicted octanol–water partition coefficient (Wildman–Crippen LogP) is 3.59. The van der Waals surface area contributed by atoms with Gasteiger partial charge in [0, 0.05) is 11.3 Å². The monoisotopic (exact) mass is 372 g/mol. The molecule has 0 bridgehead atoms. The summed E-state index contributed by atoms with van der Waals surface area (Å²) in [7, 11) is 1.62. The third kappa shape index (κ3) is 5.00. The molecule has 1 heterocycles. The van der Waals surface area contributed by atoms with E-state index in [0.29, 0.717) is 16.9 Å². The first-order valence-electron chi connectivity index (χ1n) is 8.12. The van der Waals surface area contributed by atoms with Crippen molar-refractivity contribution in [2.24, 2.45) is 0 Å². The van der Waals surface area contributed by atoms with Crippen molar-refractivity contribution in [3.63, 3.8) is 0 Å². The minimum Gasteiger partial charge on any atom is -0.497 e. The molecule has 3 aromatic rings. The molecule has 0 aliphatic carbocycles. The van der Waals surface area contributed by atoms with Crippen molar-refractivity contribution in [2.45, 2.75) is 18.3 Å². The summed E-state index contributed by atoms with van der Waals surface area (Å²) in [5.74, 6) is 2.33. The zero-order valence-electron chi connectivity index (χ0n) is 14.6. The molecule has 0 saturated heterocycles. The molecule has 136 valence electrons. The van der Waals surface area contributed by atoms with Gasteiger partial charge in [0.2, 0.25) is 5.89 Å². The minimum atomic E-state index is -0.641. The van der Waals surface area contributed by atoms with Crippen LogP contribution in [0.2, 0.25) is 0 Å². The van der Waals surface area contributed by atoms with Crippen LogP contribution in [0.15, 0.2) is 58.2 Å². The Hall–Kier alpha value is -2.51. The van der Waals surface area contributed by atoms with E-state index in [1.54, 1.807) is 7.11 Å². The molecule has 26 heavy (non-hydrogen) atoms. The lowest BCUT2D eigenvalue weighted by molar-refractivity contribution is 0.126. The molecular formula is C19H20N2O4S. The number of thioether (sulfide) groups is 1. The lowest BCUT2D eigenvalue weighted by Gasteiger charge is -2.11. The zero-order valence-corrected chi connectivity index (χ0v) is 15.4. The molecule has 0 aliphatic rings. The van der Waals surface area contributed by atoms with Crippen molar-refractivity contribution in [2.75, 3.05) is 19.5 Å². The maximum Gasteiger partial charge on any atom is 0.276 e. The first kappa shape index (κ1) is 18.3. The number of hydrogen-bond acceptors (Lipinski definition) is 7. The van der Waals surface area contributed by atoms with Crippen LogP contribution >= 0.6 is 11.8 Å². The number of methoxy groups -OCH3 is 1. The van der Waals surface area contributed by atoms with Crippen LogP contribution in [-0.4, -0.2) is 40.9 Å². The third-order valence-corrected chi connectivity index (χ3v) is 4.57. The van der Waals surface area contributed by atoms with Gasteiger partial charge in [-0.3, -0.25) is 0 Å². The first-order valence-corrected chi connectivity index (χ1v) is 9.11. The number of ether oxygens (including phenoxy) is 2. The second-order valence-corrected chi connectivity index (χ2v) is 6.66. The number of aryl methyl sites for hydroxylation is 1. The minimum absolute atomic E-state index is 0.204. The zero-order chi connectivity index (χ0) is 18.4. The van der Waals surface area contributed by atoms with Crippen LogP contribution < -0.4 is 9.47 Å². The fraction of sp³-hybridized carbons (Fsp3) is 0.263. The summed E-state index contributed by atoms with van der Waals surface area (Å²) in [4.78, 5) is 0. The van der Waals surface area contributed by atoms with Gasteiger partial charge in [0.25, 0.3) is 5.22 Å². The van der Waals surface area contributed by atoms with Crippen molar-refractivity contribution in [3.8, 4) is 23.0 Å². The highest BCUT2D eigenvalue weighted by Gasteiger charge is 2.12. The summed E-state index contributed by atoms with van der Waals surface area (Å²) in [6.07, 6.45) is -0.641. The molecule has 3 rings (SSSR count). The van der Waals surface area contributed by atoms with E-state index in [-0.39, 0.29) is 6.61 Å². The predicted molar refractivity (Wildman–Crippen MR) is 99.7 cm³/mol. The molecule has 0 saturated carbocycles. The van der Waals surface area contributed by atoms with Crippen LogP contribution in [0.5, 0.6) is 11.5 Å². The van der Waals surface area contributed by atoms with Crippen LogP contribution in [0.25, 0.3) is 11.5 Å². The molecular weight excluding hydrogens is 352 g/mol. The topological polar surface area (TPSA) is 77.6 Å². The largest absolute Gasteiger partial charge is 0.497 e. The maximum atomic E-state index is 10.1. The Kier molecular flexibility index (Phi) is 6.14. The van der Waals surface area contributed by atoms with Gasteiger partial charge in [-0.05, 0) is 43.3 Å². The Morgan fingerprint density at radius 2 is 1.73 bits per heavy atom. The van der Waals surface area contributed by atoms with Gasteiger partial charge in [0.15, 0.2) is 0 Å². The van der Waals surface area contributed by atoms with E-state index in [1.165, 1.54) is 11.8 Å². The molecule has 0 aliphatic heterocycles. The van der Waals surface area contributed by atoms with Crippen molar-refractivity contribution in [3.05, 3.63) is 54.1 Å². The molecule has 0 radical (unpaired) electrons. The average Bonchev–Trinajstić information content (AvgIpc) is 3.15. The fourth-order valence-corrected chi connectivity index (χ4v) is 2.83. The highest BCUT2D eigenvalue weighted by Crippen LogP contribution is 2.25.